The van der Waals surface area contributed by atoms with Crippen molar-refractivity contribution >= 4 is 22.9 Å². The van der Waals surface area contributed by atoms with Gasteiger partial charge in [0.25, 0.3) is 5.91 Å². The van der Waals surface area contributed by atoms with Gasteiger partial charge in [0.15, 0.2) is 11.5 Å². The van der Waals surface area contributed by atoms with Crippen LogP contribution in [0, 0.1) is 6.92 Å². The number of aryl methyl sites for hydroxylation is 1. The van der Waals surface area contributed by atoms with E-state index in [1.54, 1.807) is 6.21 Å². The van der Waals surface area contributed by atoms with E-state index in [1.807, 2.05) is 67.6 Å². The Balaban J connectivity index is 1.43. The Hall–Kier alpha value is -3.34. The van der Waals surface area contributed by atoms with Crippen LogP contribution in [0.3, 0.4) is 0 Å². The molecule has 1 heterocycles. The molecule has 3 aromatic rings. The highest BCUT2D eigenvalue weighted by atomic mass is 16.6. The zero-order valence-corrected chi connectivity index (χ0v) is 14.3. The Labute approximate surface area is 151 Å². The van der Waals surface area contributed by atoms with E-state index in [0.717, 1.165) is 16.3 Å². The maximum Gasteiger partial charge on any atom is 0.284 e. The van der Waals surface area contributed by atoms with Crippen molar-refractivity contribution in [1.29, 1.82) is 0 Å². The number of hydrogen-bond donors (Lipinski definition) is 1. The van der Waals surface area contributed by atoms with Crippen molar-refractivity contribution in [2.24, 2.45) is 5.10 Å². The molecular weight excluding hydrogens is 328 g/mol. The molecule has 1 atom stereocenters. The summed E-state index contributed by atoms with van der Waals surface area (Å²) in [6.07, 6.45) is 0.862. The Morgan fingerprint density at radius 3 is 2.50 bits per heavy atom. The van der Waals surface area contributed by atoms with Crippen LogP contribution in [-0.2, 0) is 4.79 Å². The predicted molar refractivity (Wildman–Crippen MR) is 101 cm³/mol. The van der Waals surface area contributed by atoms with Crippen molar-refractivity contribution in [1.82, 2.24) is 5.43 Å². The number of fused-ring (bicyclic) bond motifs is 2. The first-order valence-electron chi connectivity index (χ1n) is 8.41. The van der Waals surface area contributed by atoms with E-state index < -0.39 is 6.10 Å². The van der Waals surface area contributed by atoms with Crippen molar-refractivity contribution in [3.8, 4) is 11.5 Å². The number of nitrogens with one attached hydrogen (secondary N) is 1. The molecule has 1 amide bonds. The lowest BCUT2D eigenvalue weighted by Crippen LogP contribution is -2.42. The van der Waals surface area contributed by atoms with Gasteiger partial charge in [0.1, 0.15) is 6.61 Å². The van der Waals surface area contributed by atoms with E-state index in [0.29, 0.717) is 11.5 Å². The van der Waals surface area contributed by atoms with Gasteiger partial charge in [0.05, 0.1) is 6.21 Å². The number of nitrogens with zero attached hydrogens (tertiary/aromatic N) is 1. The molecule has 0 fully saturated rings. The third kappa shape index (κ3) is 3.37. The molecule has 1 N–H and O–H groups in total. The Morgan fingerprint density at radius 1 is 1.08 bits per heavy atom. The largest absolute Gasteiger partial charge is 0.485 e. The minimum Gasteiger partial charge on any atom is -0.485 e. The Kier molecular flexibility index (Phi) is 4.27. The molecule has 0 aliphatic carbocycles. The second-order valence-electron chi connectivity index (χ2n) is 6.21. The van der Waals surface area contributed by atoms with Crippen LogP contribution in [0.25, 0.3) is 10.8 Å². The second-order valence-corrected chi connectivity index (χ2v) is 6.21. The van der Waals surface area contributed by atoms with Crippen LogP contribution >= 0.6 is 0 Å². The van der Waals surface area contributed by atoms with Gasteiger partial charge < -0.3 is 9.47 Å². The van der Waals surface area contributed by atoms with Crippen LogP contribution in [0.15, 0.2) is 65.8 Å². The zero-order chi connectivity index (χ0) is 17.9. The third-order valence-electron chi connectivity index (χ3n) is 4.23. The van der Waals surface area contributed by atoms with E-state index in [2.05, 4.69) is 10.5 Å². The average Bonchev–Trinajstić information content (AvgIpc) is 2.67. The van der Waals surface area contributed by atoms with E-state index in [-0.39, 0.29) is 12.5 Å². The van der Waals surface area contributed by atoms with Crippen LogP contribution in [0.1, 0.15) is 11.1 Å². The smallest absolute Gasteiger partial charge is 0.284 e. The summed E-state index contributed by atoms with van der Waals surface area (Å²) >= 11 is 0. The lowest BCUT2D eigenvalue weighted by molar-refractivity contribution is -0.130. The van der Waals surface area contributed by atoms with Gasteiger partial charge in [-0.25, -0.2) is 5.43 Å². The second kappa shape index (κ2) is 6.88. The van der Waals surface area contributed by atoms with E-state index in [1.165, 1.54) is 5.56 Å². The van der Waals surface area contributed by atoms with Crippen molar-refractivity contribution in [2.45, 2.75) is 13.0 Å². The van der Waals surface area contributed by atoms with Crippen molar-refractivity contribution in [3.63, 3.8) is 0 Å². The van der Waals surface area contributed by atoms with Gasteiger partial charge in [-0.3, -0.25) is 4.79 Å². The zero-order valence-electron chi connectivity index (χ0n) is 14.3. The van der Waals surface area contributed by atoms with Crippen LogP contribution in [0.2, 0.25) is 0 Å². The lowest BCUT2D eigenvalue weighted by Gasteiger charge is -2.25. The summed E-state index contributed by atoms with van der Waals surface area (Å²) in [6, 6.07) is 19.6. The van der Waals surface area contributed by atoms with Gasteiger partial charge in [-0.2, -0.15) is 5.10 Å². The van der Waals surface area contributed by atoms with Crippen molar-refractivity contribution < 1.29 is 14.3 Å². The number of hydrazone groups is 1. The molecule has 0 aromatic heterocycles. The van der Waals surface area contributed by atoms with Gasteiger partial charge in [0, 0.05) is 0 Å². The molecule has 0 spiro atoms. The first kappa shape index (κ1) is 16.1. The minimum atomic E-state index is -0.737. The summed E-state index contributed by atoms with van der Waals surface area (Å²) in [5.74, 6) is 0.876. The summed E-state index contributed by atoms with van der Waals surface area (Å²) in [4.78, 5) is 12.3. The first-order valence-corrected chi connectivity index (χ1v) is 8.41. The Morgan fingerprint density at radius 2 is 1.77 bits per heavy atom. The van der Waals surface area contributed by atoms with E-state index in [4.69, 9.17) is 9.47 Å². The minimum absolute atomic E-state index is 0.150. The molecule has 0 bridgehead atoms. The number of carbonyl (C=O) groups is 1. The molecule has 5 heteroatoms. The van der Waals surface area contributed by atoms with Crippen LogP contribution in [0.4, 0.5) is 0 Å². The molecule has 1 aliphatic rings. The number of carbonyl (C=O) groups excluding carboxylic acids is 1. The van der Waals surface area contributed by atoms with Crippen molar-refractivity contribution in [3.05, 3.63) is 71.8 Å². The standard InChI is InChI=1S/C21H18N2O3/c1-14-6-8-15(9-7-14)12-22-23-21(24)20-13-25-18-10-16-4-2-3-5-17(16)11-19(18)26-20/h2-12,20H,13H2,1H3,(H,23,24)/t20-/m1/s1. The SMILES string of the molecule is Cc1ccc(C=NNC(=O)[C@H]2COc3cc4ccccc4cc3O2)cc1. The number of rotatable bonds is 3. The number of ether oxygens (including phenoxy) is 2. The normalized spacial score (nSPS) is 16.0. The number of benzene rings is 3. The molecule has 26 heavy (non-hydrogen) atoms. The molecule has 0 saturated carbocycles. The average molecular weight is 346 g/mol. The van der Waals surface area contributed by atoms with Gasteiger partial charge in [0.2, 0.25) is 6.10 Å². The van der Waals surface area contributed by atoms with Crippen LogP contribution < -0.4 is 14.9 Å². The molecule has 1 aliphatic heterocycles. The van der Waals surface area contributed by atoms with Crippen molar-refractivity contribution in [2.75, 3.05) is 6.61 Å². The predicted octanol–water partition coefficient (Wildman–Crippen LogP) is 3.44. The maximum atomic E-state index is 12.3. The maximum absolute atomic E-state index is 12.3. The summed E-state index contributed by atoms with van der Waals surface area (Å²) < 4.78 is 11.5. The van der Waals surface area contributed by atoms with E-state index in [9.17, 15) is 4.79 Å². The topological polar surface area (TPSA) is 59.9 Å². The third-order valence-corrected chi connectivity index (χ3v) is 4.23. The highest BCUT2D eigenvalue weighted by Gasteiger charge is 2.27. The van der Waals surface area contributed by atoms with Gasteiger partial charge >= 0.3 is 0 Å². The Bertz CT molecular complexity index is 980. The quantitative estimate of drug-likeness (QED) is 0.584. The molecule has 0 unspecified atom stereocenters. The molecule has 0 saturated heterocycles. The number of hydrogen-bond acceptors (Lipinski definition) is 4. The number of amides is 1. The monoisotopic (exact) mass is 346 g/mol. The fourth-order valence-corrected chi connectivity index (χ4v) is 2.78. The molecule has 3 aromatic carbocycles. The van der Waals surface area contributed by atoms with Gasteiger partial charge in [-0.15, -0.1) is 0 Å². The molecule has 4 rings (SSSR count). The summed E-state index contributed by atoms with van der Waals surface area (Å²) in [7, 11) is 0. The summed E-state index contributed by atoms with van der Waals surface area (Å²) in [6.45, 7) is 2.17. The molecular formula is C21H18N2O3. The highest BCUT2D eigenvalue weighted by Crippen LogP contribution is 2.35. The van der Waals surface area contributed by atoms with Gasteiger partial charge in [-0.05, 0) is 35.4 Å². The fraction of sp³-hybridized carbons (Fsp3) is 0.143. The summed E-state index contributed by atoms with van der Waals surface area (Å²) in [5.41, 5.74) is 4.59. The summed E-state index contributed by atoms with van der Waals surface area (Å²) in [5, 5.41) is 6.10. The molecule has 130 valence electrons. The van der Waals surface area contributed by atoms with Gasteiger partial charge in [-0.1, -0.05) is 54.1 Å². The van der Waals surface area contributed by atoms with E-state index >= 15 is 0 Å². The highest BCUT2D eigenvalue weighted by molar-refractivity contribution is 5.88. The van der Waals surface area contributed by atoms with Crippen LogP contribution in [0.5, 0.6) is 11.5 Å². The fourth-order valence-electron chi connectivity index (χ4n) is 2.78. The molecule has 5 nitrogen and oxygen atoms in total. The first-order chi connectivity index (χ1) is 12.7. The lowest BCUT2D eigenvalue weighted by atomic mass is 10.1. The molecule has 0 radical (unpaired) electrons. The van der Waals surface area contributed by atoms with Crippen LogP contribution in [-0.4, -0.2) is 24.8 Å².